The number of methoxy groups -OCH3 is 1. The number of nitrogens with zero attached hydrogens (tertiary/aromatic N) is 3. The summed E-state index contributed by atoms with van der Waals surface area (Å²) in [5, 5.41) is 0. The van der Waals surface area contributed by atoms with Crippen LogP contribution in [0.15, 0.2) is 35.4 Å². The predicted molar refractivity (Wildman–Crippen MR) is 133 cm³/mol. The molecule has 0 aromatic carbocycles. The first-order valence-corrected chi connectivity index (χ1v) is 12.0. The number of imide groups is 1. The van der Waals surface area contributed by atoms with Crippen molar-refractivity contribution in [3.63, 3.8) is 0 Å². The van der Waals surface area contributed by atoms with Gasteiger partial charge in [0.25, 0.3) is 17.7 Å². The van der Waals surface area contributed by atoms with Crippen LogP contribution in [0.1, 0.15) is 40.5 Å². The molecule has 0 saturated carbocycles. The summed E-state index contributed by atoms with van der Waals surface area (Å²) in [5.74, 6) is -0.258. The normalized spacial score (nSPS) is 20.3. The molecule has 3 amide bonds. The first kappa shape index (κ1) is 26.1. The molecule has 1 aromatic heterocycles. The number of hydrogen-bond donors (Lipinski definition) is 0. The molecule has 0 atom stereocenters. The number of amides is 3. The van der Waals surface area contributed by atoms with Crippen molar-refractivity contribution in [3.05, 3.63) is 35.4 Å². The molecule has 2 aliphatic heterocycles. The Kier molecular flexibility index (Phi) is 7.09. The number of ether oxygens (including phenoxy) is 2. The Morgan fingerprint density at radius 3 is 2.50 bits per heavy atom. The average molecular weight is 497 g/mol. The summed E-state index contributed by atoms with van der Waals surface area (Å²) in [5.41, 5.74) is 0.625. The molecular formula is C25H32BN3O7. The number of anilines is 1. The molecule has 3 heterocycles. The molecule has 0 N–H and O–H groups in total. The number of carbonyl (C=O) groups is 3. The second-order valence-electron chi connectivity index (χ2n) is 9.96. The van der Waals surface area contributed by atoms with E-state index in [1.165, 1.54) is 16.9 Å². The molecule has 10 nitrogen and oxygen atoms in total. The molecular weight excluding hydrogens is 465 g/mol. The highest BCUT2D eigenvalue weighted by Crippen LogP contribution is 2.37. The Morgan fingerprint density at radius 1 is 1.17 bits per heavy atom. The fraction of sp³-hybridized carbons (Fsp3) is 0.520. The van der Waals surface area contributed by atoms with E-state index in [1.807, 2.05) is 33.8 Å². The molecule has 0 bridgehead atoms. The van der Waals surface area contributed by atoms with Gasteiger partial charge in [-0.2, -0.15) is 4.98 Å². The van der Waals surface area contributed by atoms with Crippen LogP contribution < -0.4 is 15.1 Å². The van der Waals surface area contributed by atoms with Gasteiger partial charge in [-0.15, -0.1) is 0 Å². The van der Waals surface area contributed by atoms with Gasteiger partial charge in [0.15, 0.2) is 0 Å². The lowest BCUT2D eigenvalue weighted by atomic mass is 9.79. The number of carbonyl (C=O) groups excluding carboxylic acids is 3. The number of likely N-dealkylation sites (N-methyl/N-ethyl adjacent to an activating group) is 1. The highest BCUT2D eigenvalue weighted by molar-refractivity contribution is 6.63. The number of hydrogen-bond acceptors (Lipinski definition) is 8. The van der Waals surface area contributed by atoms with Gasteiger partial charge in [0.2, 0.25) is 5.88 Å². The quantitative estimate of drug-likeness (QED) is 0.301. The van der Waals surface area contributed by atoms with E-state index in [0.29, 0.717) is 34.7 Å². The minimum atomic E-state index is -0.650. The first-order valence-electron chi connectivity index (χ1n) is 12.0. The third-order valence-electron chi connectivity index (χ3n) is 7.13. The number of aromatic nitrogens is 1. The van der Waals surface area contributed by atoms with Crippen LogP contribution in [0.4, 0.5) is 5.82 Å². The lowest BCUT2D eigenvalue weighted by molar-refractivity contribution is -0.138. The van der Waals surface area contributed by atoms with Crippen molar-refractivity contribution >= 4 is 36.1 Å². The van der Waals surface area contributed by atoms with Gasteiger partial charge in [0.05, 0.1) is 31.5 Å². The molecule has 4 rings (SSSR count). The summed E-state index contributed by atoms with van der Waals surface area (Å²) in [6, 6.07) is 3.45. The number of pyridine rings is 1. The summed E-state index contributed by atoms with van der Waals surface area (Å²) in [6.07, 6.45) is 4.92. The minimum Gasteiger partial charge on any atom is -0.481 e. The van der Waals surface area contributed by atoms with Crippen LogP contribution in [0, 0.1) is 0 Å². The predicted octanol–water partition coefficient (Wildman–Crippen LogP) is 1.38. The maximum Gasteiger partial charge on any atom is 0.500 e. The average Bonchev–Trinajstić information content (AvgIpc) is 3.22. The molecule has 1 saturated heterocycles. The van der Waals surface area contributed by atoms with Gasteiger partial charge < -0.3 is 18.8 Å². The third-order valence-corrected chi connectivity index (χ3v) is 7.13. The maximum absolute atomic E-state index is 12.7. The molecule has 0 spiro atoms. The van der Waals surface area contributed by atoms with Gasteiger partial charge in [-0.1, -0.05) is 18.2 Å². The number of rotatable bonds is 8. The molecule has 3 aliphatic rings. The summed E-state index contributed by atoms with van der Waals surface area (Å²) in [6.45, 7) is 7.76. The second-order valence-corrected chi connectivity index (χ2v) is 9.96. The Bertz CT molecular complexity index is 1130. The number of allylic oxidation sites excluding steroid dienone is 1. The summed E-state index contributed by atoms with van der Waals surface area (Å²) < 4.78 is 23.1. The lowest BCUT2D eigenvalue weighted by Gasteiger charge is -2.32. The summed E-state index contributed by atoms with van der Waals surface area (Å²) >= 11 is 0. The van der Waals surface area contributed by atoms with Crippen LogP contribution in [0.3, 0.4) is 0 Å². The van der Waals surface area contributed by atoms with Crippen LogP contribution in [0.25, 0.3) is 0 Å². The van der Waals surface area contributed by atoms with E-state index in [9.17, 15) is 14.4 Å². The van der Waals surface area contributed by atoms with E-state index in [4.69, 9.17) is 18.8 Å². The Balaban J connectivity index is 1.32. The van der Waals surface area contributed by atoms with Crippen LogP contribution >= 0.6 is 0 Å². The molecule has 36 heavy (non-hydrogen) atoms. The van der Waals surface area contributed by atoms with Crippen molar-refractivity contribution in [2.45, 2.75) is 51.7 Å². The van der Waals surface area contributed by atoms with Gasteiger partial charge in [0, 0.05) is 23.7 Å². The lowest BCUT2D eigenvalue weighted by Crippen LogP contribution is -2.41. The Morgan fingerprint density at radius 2 is 1.86 bits per heavy atom. The van der Waals surface area contributed by atoms with Gasteiger partial charge in [0.1, 0.15) is 12.4 Å². The Hall–Kier alpha value is -3.02. The van der Waals surface area contributed by atoms with Crippen molar-refractivity contribution in [2.75, 3.05) is 38.8 Å². The van der Waals surface area contributed by atoms with E-state index < -0.39 is 18.3 Å². The fourth-order valence-electron chi connectivity index (χ4n) is 4.17. The van der Waals surface area contributed by atoms with E-state index in [2.05, 4.69) is 4.98 Å². The zero-order valence-corrected chi connectivity index (χ0v) is 21.6. The first-order chi connectivity index (χ1) is 17.0. The van der Waals surface area contributed by atoms with Crippen molar-refractivity contribution < 1.29 is 33.2 Å². The van der Waals surface area contributed by atoms with E-state index >= 15 is 0 Å². The van der Waals surface area contributed by atoms with Gasteiger partial charge >= 0.3 is 7.12 Å². The van der Waals surface area contributed by atoms with Crippen molar-refractivity contribution in [1.29, 1.82) is 0 Å². The van der Waals surface area contributed by atoms with Crippen molar-refractivity contribution in [2.24, 2.45) is 0 Å². The van der Waals surface area contributed by atoms with Crippen LogP contribution in [0.2, 0.25) is 0 Å². The molecule has 192 valence electrons. The second kappa shape index (κ2) is 9.80. The van der Waals surface area contributed by atoms with Crippen LogP contribution in [-0.2, 0) is 28.4 Å². The Labute approximate surface area is 211 Å². The largest absolute Gasteiger partial charge is 0.500 e. The standard InChI is InChI=1S/C25H32BN3O7/c1-24(2)25(3,4)36-26(35-24)18-11-12-19(27-21(18)33-6)28(5)20(30)15-34-14-13-29-22(31)16-9-7-8-10-17(16)23(29)32/h7,9,11-12H,8,10,13-15H2,1-6H3. The zero-order valence-electron chi connectivity index (χ0n) is 21.6. The molecule has 0 radical (unpaired) electrons. The monoisotopic (exact) mass is 497 g/mol. The SMILES string of the molecule is COc1nc(N(C)C(=O)COCCN2C(=O)C3=C(CCC=C3)C2=O)ccc1B1OC(C)(C)C(C)(C)O1. The van der Waals surface area contributed by atoms with Crippen molar-refractivity contribution in [3.8, 4) is 5.88 Å². The minimum absolute atomic E-state index is 0.0545. The highest BCUT2D eigenvalue weighted by Gasteiger charge is 2.52. The van der Waals surface area contributed by atoms with Gasteiger partial charge in [-0.05, 0) is 46.6 Å². The van der Waals surface area contributed by atoms with Crippen molar-refractivity contribution in [1.82, 2.24) is 9.88 Å². The van der Waals surface area contributed by atoms with E-state index in [0.717, 1.165) is 6.42 Å². The third kappa shape index (κ3) is 4.70. The molecule has 0 unspecified atom stereocenters. The highest BCUT2D eigenvalue weighted by atomic mass is 16.7. The van der Waals surface area contributed by atoms with E-state index in [-0.39, 0.29) is 37.5 Å². The fourth-order valence-corrected chi connectivity index (χ4v) is 4.17. The van der Waals surface area contributed by atoms with E-state index in [1.54, 1.807) is 25.3 Å². The zero-order chi connectivity index (χ0) is 26.3. The van der Waals surface area contributed by atoms with Gasteiger partial charge in [-0.3, -0.25) is 24.2 Å². The van der Waals surface area contributed by atoms with Gasteiger partial charge in [-0.25, -0.2) is 0 Å². The van der Waals surface area contributed by atoms with Crippen LogP contribution in [-0.4, -0.2) is 79.8 Å². The molecule has 1 fully saturated rings. The van der Waals surface area contributed by atoms with Crippen LogP contribution in [0.5, 0.6) is 5.88 Å². The molecule has 1 aliphatic carbocycles. The molecule has 11 heteroatoms. The summed E-state index contributed by atoms with van der Waals surface area (Å²) in [7, 11) is 2.43. The molecule has 1 aromatic rings. The topological polar surface area (TPSA) is 108 Å². The smallest absolute Gasteiger partial charge is 0.481 e. The summed E-state index contributed by atoms with van der Waals surface area (Å²) in [4.78, 5) is 44.6. The maximum atomic E-state index is 12.7.